The van der Waals surface area contributed by atoms with Crippen LogP contribution in [0.2, 0.25) is 0 Å². The van der Waals surface area contributed by atoms with Gasteiger partial charge >= 0.3 is 6.16 Å². The first-order valence-corrected chi connectivity index (χ1v) is 5.21. The van der Waals surface area contributed by atoms with Gasteiger partial charge in [0.1, 0.15) is 18.1 Å². The number of benzene rings is 1. The third-order valence-electron chi connectivity index (χ3n) is 2.53. The van der Waals surface area contributed by atoms with E-state index in [0.29, 0.717) is 11.3 Å². The number of carbonyl (C=O) groups is 2. The number of hydrogen-bond donors (Lipinski definition) is 0. The monoisotopic (exact) mass is 220 g/mol. The number of ether oxygens (including phenoxy) is 2. The van der Waals surface area contributed by atoms with Crippen molar-refractivity contribution in [1.29, 1.82) is 0 Å². The molecule has 0 radical (unpaired) electrons. The molecule has 0 aliphatic heterocycles. The Morgan fingerprint density at radius 1 is 1.25 bits per heavy atom. The summed E-state index contributed by atoms with van der Waals surface area (Å²) >= 11 is 0. The Hall–Kier alpha value is -1.84. The summed E-state index contributed by atoms with van der Waals surface area (Å²) in [5.74, 6) is 0.384. The Morgan fingerprint density at radius 2 is 1.94 bits per heavy atom. The molecule has 1 aliphatic rings. The Labute approximate surface area is 93.2 Å². The summed E-state index contributed by atoms with van der Waals surface area (Å²) in [6, 6.07) is 6.29. The topological polar surface area (TPSA) is 52.6 Å². The molecule has 4 heteroatoms. The molecule has 16 heavy (non-hydrogen) atoms. The minimum Gasteiger partial charge on any atom is -0.431 e. The summed E-state index contributed by atoms with van der Waals surface area (Å²) in [4.78, 5) is 21.7. The molecular formula is C12H12O4. The molecule has 0 atom stereocenters. The van der Waals surface area contributed by atoms with E-state index in [1.807, 2.05) is 0 Å². The fraction of sp³-hybridized carbons (Fsp3) is 0.333. The smallest absolute Gasteiger partial charge is 0.431 e. The molecule has 0 saturated heterocycles. The molecule has 0 heterocycles. The summed E-state index contributed by atoms with van der Waals surface area (Å²) in [6.07, 6.45) is 3.01. The van der Waals surface area contributed by atoms with E-state index in [4.69, 9.17) is 9.47 Å². The molecular weight excluding hydrogens is 208 g/mol. The standard InChI is InChI=1S/C12H12O4/c13-8-9-4-6-11(7-5-9)16-12(14)15-10-2-1-3-10/h4-8,10H,1-3H2. The molecule has 1 aromatic carbocycles. The first kappa shape index (κ1) is 10.7. The van der Waals surface area contributed by atoms with Crippen molar-refractivity contribution in [2.75, 3.05) is 0 Å². The van der Waals surface area contributed by atoms with Crippen LogP contribution in [0.15, 0.2) is 24.3 Å². The van der Waals surface area contributed by atoms with E-state index in [-0.39, 0.29) is 6.10 Å². The van der Waals surface area contributed by atoms with Gasteiger partial charge in [-0.2, -0.15) is 0 Å². The predicted octanol–water partition coefficient (Wildman–Crippen LogP) is 2.57. The first-order valence-electron chi connectivity index (χ1n) is 5.21. The van der Waals surface area contributed by atoms with Crippen LogP contribution < -0.4 is 4.74 Å². The molecule has 0 aromatic heterocycles. The van der Waals surface area contributed by atoms with Gasteiger partial charge in [-0.05, 0) is 43.5 Å². The molecule has 0 spiro atoms. The van der Waals surface area contributed by atoms with Crippen LogP contribution in [0.5, 0.6) is 5.75 Å². The summed E-state index contributed by atoms with van der Waals surface area (Å²) < 4.78 is 9.96. The molecule has 0 N–H and O–H groups in total. The lowest BCUT2D eigenvalue weighted by Crippen LogP contribution is -2.26. The van der Waals surface area contributed by atoms with Crippen molar-refractivity contribution in [2.24, 2.45) is 0 Å². The molecule has 0 unspecified atom stereocenters. The Bertz CT molecular complexity index is 379. The predicted molar refractivity (Wildman–Crippen MR) is 56.6 cm³/mol. The van der Waals surface area contributed by atoms with Gasteiger partial charge in [0, 0.05) is 5.56 Å². The van der Waals surface area contributed by atoms with Crippen LogP contribution in [-0.2, 0) is 4.74 Å². The van der Waals surface area contributed by atoms with Gasteiger partial charge in [-0.3, -0.25) is 4.79 Å². The molecule has 4 nitrogen and oxygen atoms in total. The zero-order valence-electron chi connectivity index (χ0n) is 8.72. The van der Waals surface area contributed by atoms with Gasteiger partial charge in [0.15, 0.2) is 0 Å². The molecule has 1 aliphatic carbocycles. The average molecular weight is 220 g/mol. The van der Waals surface area contributed by atoms with E-state index in [1.54, 1.807) is 24.3 Å². The van der Waals surface area contributed by atoms with E-state index in [9.17, 15) is 9.59 Å². The Kier molecular flexibility index (Phi) is 3.19. The van der Waals surface area contributed by atoms with Crippen molar-refractivity contribution in [2.45, 2.75) is 25.4 Å². The van der Waals surface area contributed by atoms with Crippen LogP contribution in [0.1, 0.15) is 29.6 Å². The summed E-state index contributed by atoms with van der Waals surface area (Å²) in [5, 5.41) is 0. The van der Waals surface area contributed by atoms with Crippen LogP contribution in [0.3, 0.4) is 0 Å². The van der Waals surface area contributed by atoms with Crippen molar-refractivity contribution in [3.05, 3.63) is 29.8 Å². The van der Waals surface area contributed by atoms with Gasteiger partial charge in [0.05, 0.1) is 0 Å². The molecule has 1 fully saturated rings. The van der Waals surface area contributed by atoms with E-state index >= 15 is 0 Å². The second-order valence-corrected chi connectivity index (χ2v) is 3.71. The summed E-state index contributed by atoms with van der Waals surface area (Å²) in [6.45, 7) is 0. The van der Waals surface area contributed by atoms with Crippen LogP contribution >= 0.6 is 0 Å². The average Bonchev–Trinajstić information content (AvgIpc) is 2.25. The Balaban J connectivity index is 1.87. The molecule has 84 valence electrons. The van der Waals surface area contributed by atoms with E-state index in [0.717, 1.165) is 25.5 Å². The number of rotatable bonds is 3. The second kappa shape index (κ2) is 4.79. The lowest BCUT2D eigenvalue weighted by Gasteiger charge is -2.24. The third kappa shape index (κ3) is 2.59. The highest BCUT2D eigenvalue weighted by Gasteiger charge is 2.22. The van der Waals surface area contributed by atoms with Crippen molar-refractivity contribution in [3.63, 3.8) is 0 Å². The third-order valence-corrected chi connectivity index (χ3v) is 2.53. The second-order valence-electron chi connectivity index (χ2n) is 3.71. The number of hydrogen-bond acceptors (Lipinski definition) is 4. The largest absolute Gasteiger partial charge is 0.514 e. The molecule has 1 saturated carbocycles. The van der Waals surface area contributed by atoms with Crippen molar-refractivity contribution in [1.82, 2.24) is 0 Å². The fourth-order valence-electron chi connectivity index (χ4n) is 1.36. The van der Waals surface area contributed by atoms with Gasteiger partial charge in [0.25, 0.3) is 0 Å². The SMILES string of the molecule is O=Cc1ccc(OC(=O)OC2CCC2)cc1. The zero-order valence-corrected chi connectivity index (χ0v) is 8.72. The molecule has 1 aromatic rings. The number of carbonyl (C=O) groups excluding carboxylic acids is 2. The summed E-state index contributed by atoms with van der Waals surface area (Å²) in [5.41, 5.74) is 0.541. The highest BCUT2D eigenvalue weighted by molar-refractivity contribution is 5.75. The molecule has 0 bridgehead atoms. The van der Waals surface area contributed by atoms with E-state index < -0.39 is 6.16 Å². The summed E-state index contributed by atoms with van der Waals surface area (Å²) in [7, 11) is 0. The highest BCUT2D eigenvalue weighted by atomic mass is 16.7. The quantitative estimate of drug-likeness (QED) is 0.446. The fourth-order valence-corrected chi connectivity index (χ4v) is 1.36. The van der Waals surface area contributed by atoms with Gasteiger partial charge < -0.3 is 9.47 Å². The van der Waals surface area contributed by atoms with E-state index in [2.05, 4.69) is 0 Å². The molecule has 0 amide bonds. The minimum atomic E-state index is -0.677. The van der Waals surface area contributed by atoms with Gasteiger partial charge in [-0.1, -0.05) is 0 Å². The normalized spacial score (nSPS) is 15.0. The van der Waals surface area contributed by atoms with Crippen LogP contribution in [0.4, 0.5) is 4.79 Å². The van der Waals surface area contributed by atoms with Crippen LogP contribution in [0.25, 0.3) is 0 Å². The lowest BCUT2D eigenvalue weighted by atomic mass is 9.96. The Morgan fingerprint density at radius 3 is 2.44 bits per heavy atom. The number of aldehydes is 1. The van der Waals surface area contributed by atoms with Crippen molar-refractivity contribution < 1.29 is 19.1 Å². The van der Waals surface area contributed by atoms with Crippen molar-refractivity contribution >= 4 is 12.4 Å². The maximum Gasteiger partial charge on any atom is 0.514 e. The van der Waals surface area contributed by atoms with Gasteiger partial charge in [-0.25, -0.2) is 4.79 Å². The first-order chi connectivity index (χ1) is 7.78. The molecule has 2 rings (SSSR count). The zero-order chi connectivity index (χ0) is 11.4. The maximum absolute atomic E-state index is 11.3. The van der Waals surface area contributed by atoms with Gasteiger partial charge in [0.2, 0.25) is 0 Å². The van der Waals surface area contributed by atoms with Gasteiger partial charge in [-0.15, -0.1) is 0 Å². The van der Waals surface area contributed by atoms with Crippen molar-refractivity contribution in [3.8, 4) is 5.75 Å². The van der Waals surface area contributed by atoms with E-state index in [1.165, 1.54) is 0 Å². The highest BCUT2D eigenvalue weighted by Crippen LogP contribution is 2.22. The van der Waals surface area contributed by atoms with Crippen LogP contribution in [0, 0.1) is 0 Å². The van der Waals surface area contributed by atoms with Crippen LogP contribution in [-0.4, -0.2) is 18.5 Å². The lowest BCUT2D eigenvalue weighted by molar-refractivity contribution is 0.0227. The minimum absolute atomic E-state index is 0.0155. The maximum atomic E-state index is 11.3.